The van der Waals surface area contributed by atoms with Crippen molar-refractivity contribution in [1.29, 1.82) is 0 Å². The van der Waals surface area contributed by atoms with Gasteiger partial charge < -0.3 is 10.1 Å². The van der Waals surface area contributed by atoms with Gasteiger partial charge in [-0.2, -0.15) is 8.78 Å². The van der Waals surface area contributed by atoms with Crippen LogP contribution in [0.3, 0.4) is 0 Å². The summed E-state index contributed by atoms with van der Waals surface area (Å²) in [5, 5.41) is 2.73. The van der Waals surface area contributed by atoms with Crippen LogP contribution in [0.1, 0.15) is 22.8 Å². The molecule has 110 valence electrons. The number of benzene rings is 2. The van der Waals surface area contributed by atoms with Crippen LogP contribution < -0.4 is 10.1 Å². The lowest BCUT2D eigenvalue weighted by atomic mass is 10.1. The van der Waals surface area contributed by atoms with Gasteiger partial charge in [0.15, 0.2) is 0 Å². The van der Waals surface area contributed by atoms with Crippen LogP contribution in [-0.2, 0) is 6.42 Å². The second-order valence-electron chi connectivity index (χ2n) is 4.34. The zero-order valence-corrected chi connectivity index (χ0v) is 11.5. The van der Waals surface area contributed by atoms with E-state index in [4.69, 9.17) is 0 Å². The Bertz CT molecular complexity index is 629. The maximum Gasteiger partial charge on any atom is 0.387 e. The Morgan fingerprint density at radius 2 is 1.81 bits per heavy atom. The van der Waals surface area contributed by atoms with Gasteiger partial charge in [0, 0.05) is 5.69 Å². The number of hydrogen-bond donors (Lipinski definition) is 1. The van der Waals surface area contributed by atoms with Gasteiger partial charge in [0.1, 0.15) is 5.75 Å². The van der Waals surface area contributed by atoms with E-state index >= 15 is 0 Å². The number of amides is 1. The van der Waals surface area contributed by atoms with Gasteiger partial charge in [-0.05, 0) is 30.2 Å². The number of carbonyl (C=O) groups excluding carboxylic acids is 1. The third kappa shape index (κ3) is 3.78. The van der Waals surface area contributed by atoms with E-state index in [0.29, 0.717) is 5.69 Å². The Balaban J connectivity index is 2.24. The summed E-state index contributed by atoms with van der Waals surface area (Å²) in [7, 11) is 0. The second-order valence-corrected chi connectivity index (χ2v) is 4.34. The van der Waals surface area contributed by atoms with Crippen molar-refractivity contribution in [2.75, 3.05) is 5.32 Å². The lowest BCUT2D eigenvalue weighted by molar-refractivity contribution is -0.0501. The third-order valence-electron chi connectivity index (χ3n) is 2.99. The molecule has 0 radical (unpaired) electrons. The molecule has 0 bridgehead atoms. The van der Waals surface area contributed by atoms with Crippen molar-refractivity contribution in [3.05, 3.63) is 59.7 Å². The first-order valence-electron chi connectivity index (χ1n) is 6.55. The van der Waals surface area contributed by atoms with Crippen molar-refractivity contribution in [2.45, 2.75) is 20.0 Å². The maximum atomic E-state index is 12.4. The van der Waals surface area contributed by atoms with Gasteiger partial charge >= 0.3 is 6.61 Å². The second kappa shape index (κ2) is 6.83. The quantitative estimate of drug-likeness (QED) is 0.900. The number of para-hydroxylation sites is 2. The molecule has 0 heterocycles. The fourth-order valence-electron chi connectivity index (χ4n) is 1.99. The minimum absolute atomic E-state index is 0.0729. The summed E-state index contributed by atoms with van der Waals surface area (Å²) >= 11 is 0. The van der Waals surface area contributed by atoms with Gasteiger partial charge in [0.25, 0.3) is 5.91 Å². The highest BCUT2D eigenvalue weighted by Gasteiger charge is 2.16. The molecule has 0 aromatic heterocycles. The topological polar surface area (TPSA) is 38.3 Å². The van der Waals surface area contributed by atoms with E-state index in [1.165, 1.54) is 18.2 Å². The molecule has 0 saturated heterocycles. The van der Waals surface area contributed by atoms with Gasteiger partial charge in [-0.3, -0.25) is 4.79 Å². The zero-order valence-electron chi connectivity index (χ0n) is 11.5. The first-order chi connectivity index (χ1) is 10.1. The molecule has 2 aromatic rings. The van der Waals surface area contributed by atoms with Crippen LogP contribution >= 0.6 is 0 Å². The van der Waals surface area contributed by atoms with Crippen molar-refractivity contribution in [1.82, 2.24) is 0 Å². The van der Waals surface area contributed by atoms with Crippen LogP contribution in [-0.4, -0.2) is 12.5 Å². The van der Waals surface area contributed by atoms with Gasteiger partial charge in [-0.1, -0.05) is 37.3 Å². The average Bonchev–Trinajstić information content (AvgIpc) is 2.47. The molecular formula is C16H15F2NO2. The van der Waals surface area contributed by atoms with E-state index in [1.54, 1.807) is 18.2 Å². The van der Waals surface area contributed by atoms with Crippen molar-refractivity contribution in [3.8, 4) is 5.75 Å². The Kier molecular flexibility index (Phi) is 4.87. The maximum absolute atomic E-state index is 12.4. The Morgan fingerprint density at radius 3 is 2.52 bits per heavy atom. The molecule has 1 N–H and O–H groups in total. The first-order valence-corrected chi connectivity index (χ1v) is 6.55. The van der Waals surface area contributed by atoms with Crippen molar-refractivity contribution >= 4 is 11.6 Å². The molecule has 0 fully saturated rings. The minimum Gasteiger partial charge on any atom is -0.434 e. The fourth-order valence-corrected chi connectivity index (χ4v) is 1.99. The van der Waals surface area contributed by atoms with Crippen LogP contribution in [0.15, 0.2) is 48.5 Å². The highest BCUT2D eigenvalue weighted by molar-refractivity contribution is 6.06. The van der Waals surface area contributed by atoms with Gasteiger partial charge in [-0.15, -0.1) is 0 Å². The summed E-state index contributed by atoms with van der Waals surface area (Å²) < 4.78 is 29.1. The van der Waals surface area contributed by atoms with Crippen LogP contribution in [0.25, 0.3) is 0 Å². The normalized spacial score (nSPS) is 10.5. The van der Waals surface area contributed by atoms with Crippen molar-refractivity contribution in [2.24, 2.45) is 0 Å². The molecule has 0 unspecified atom stereocenters. The number of nitrogens with one attached hydrogen (secondary N) is 1. The van der Waals surface area contributed by atoms with E-state index in [2.05, 4.69) is 10.1 Å². The Morgan fingerprint density at radius 1 is 1.14 bits per heavy atom. The number of carbonyl (C=O) groups is 1. The van der Waals surface area contributed by atoms with Crippen LogP contribution in [0.2, 0.25) is 0 Å². The Hall–Kier alpha value is -2.43. The standard InChI is InChI=1S/C16H15F2NO2/c1-2-11-7-3-5-9-13(11)19-15(20)12-8-4-6-10-14(12)21-16(17)18/h3-10,16H,2H2,1H3,(H,19,20). The zero-order chi connectivity index (χ0) is 15.2. The van der Waals surface area contributed by atoms with Crippen LogP contribution in [0.5, 0.6) is 5.75 Å². The fraction of sp³-hybridized carbons (Fsp3) is 0.188. The summed E-state index contributed by atoms with van der Waals surface area (Å²) in [5.74, 6) is -0.619. The molecule has 0 aliphatic rings. The van der Waals surface area contributed by atoms with E-state index in [-0.39, 0.29) is 11.3 Å². The summed E-state index contributed by atoms with van der Waals surface area (Å²) in [6.07, 6.45) is 0.756. The van der Waals surface area contributed by atoms with E-state index in [0.717, 1.165) is 12.0 Å². The lowest BCUT2D eigenvalue weighted by Crippen LogP contribution is -2.15. The first kappa shape index (κ1) is 15.0. The van der Waals surface area contributed by atoms with E-state index in [9.17, 15) is 13.6 Å². The van der Waals surface area contributed by atoms with E-state index in [1.807, 2.05) is 19.1 Å². The summed E-state index contributed by atoms with van der Waals surface area (Å²) in [6.45, 7) is -0.999. The Labute approximate surface area is 121 Å². The molecule has 0 saturated carbocycles. The van der Waals surface area contributed by atoms with Crippen LogP contribution in [0.4, 0.5) is 14.5 Å². The molecule has 3 nitrogen and oxygen atoms in total. The SMILES string of the molecule is CCc1ccccc1NC(=O)c1ccccc1OC(F)F. The predicted molar refractivity (Wildman–Crippen MR) is 76.8 cm³/mol. The molecule has 1 amide bonds. The molecule has 0 spiro atoms. The molecule has 0 atom stereocenters. The molecule has 0 aliphatic carbocycles. The van der Waals surface area contributed by atoms with Crippen LogP contribution in [0, 0.1) is 0 Å². The number of rotatable bonds is 5. The van der Waals surface area contributed by atoms with Crippen molar-refractivity contribution in [3.63, 3.8) is 0 Å². The summed E-state index contributed by atoms with van der Waals surface area (Å²) in [4.78, 5) is 12.2. The molecule has 2 rings (SSSR count). The number of aryl methyl sites for hydroxylation is 1. The molecule has 5 heteroatoms. The minimum atomic E-state index is -2.97. The largest absolute Gasteiger partial charge is 0.434 e. The summed E-state index contributed by atoms with van der Waals surface area (Å²) in [6, 6.07) is 13.3. The number of hydrogen-bond acceptors (Lipinski definition) is 2. The molecule has 0 aliphatic heterocycles. The van der Waals surface area contributed by atoms with E-state index < -0.39 is 12.5 Å². The van der Waals surface area contributed by atoms with Gasteiger partial charge in [0.05, 0.1) is 5.56 Å². The molecule has 2 aromatic carbocycles. The average molecular weight is 291 g/mol. The molecular weight excluding hydrogens is 276 g/mol. The summed E-state index contributed by atoms with van der Waals surface area (Å²) in [5.41, 5.74) is 1.71. The molecule has 21 heavy (non-hydrogen) atoms. The highest BCUT2D eigenvalue weighted by Crippen LogP contribution is 2.23. The number of anilines is 1. The highest BCUT2D eigenvalue weighted by atomic mass is 19.3. The monoisotopic (exact) mass is 291 g/mol. The third-order valence-corrected chi connectivity index (χ3v) is 2.99. The predicted octanol–water partition coefficient (Wildman–Crippen LogP) is 4.10. The smallest absolute Gasteiger partial charge is 0.387 e. The lowest BCUT2D eigenvalue weighted by Gasteiger charge is -2.12. The number of halogens is 2. The van der Waals surface area contributed by atoms with Crippen molar-refractivity contribution < 1.29 is 18.3 Å². The van der Waals surface area contributed by atoms with Gasteiger partial charge in [-0.25, -0.2) is 0 Å². The van der Waals surface area contributed by atoms with Gasteiger partial charge in [0.2, 0.25) is 0 Å². The number of ether oxygens (including phenoxy) is 1. The number of alkyl halides is 2.